The predicted molar refractivity (Wildman–Crippen MR) is 69.2 cm³/mol. The van der Waals surface area contributed by atoms with Crippen molar-refractivity contribution < 1.29 is 9.47 Å². The first kappa shape index (κ1) is 12.6. The highest BCUT2D eigenvalue weighted by Crippen LogP contribution is 2.29. The van der Waals surface area contributed by atoms with Crippen LogP contribution in [-0.4, -0.2) is 18.3 Å². The first-order chi connectivity index (χ1) is 7.67. The lowest BCUT2D eigenvalue weighted by molar-refractivity contribution is 0.332. The number of hydrogen-bond acceptors (Lipinski definition) is 3. The van der Waals surface area contributed by atoms with Crippen molar-refractivity contribution in [3.05, 3.63) is 18.2 Å². The van der Waals surface area contributed by atoms with E-state index in [1.165, 1.54) is 0 Å². The Morgan fingerprint density at radius 1 is 1.31 bits per heavy atom. The standard InChI is InChI=1S/C11H16N2O2S/c1-3-14-8-5-6-10(15-4-2)9(7-8)13-11(12)16/h5-7H,3-4H2,1-2H3,(H3,12,13,16). The minimum atomic E-state index is 0.203. The van der Waals surface area contributed by atoms with Gasteiger partial charge < -0.3 is 20.5 Å². The minimum Gasteiger partial charge on any atom is -0.494 e. The summed E-state index contributed by atoms with van der Waals surface area (Å²) in [6.45, 7) is 5.04. The first-order valence-corrected chi connectivity index (χ1v) is 5.54. The Hall–Kier alpha value is -1.49. The molecule has 0 heterocycles. The van der Waals surface area contributed by atoms with Gasteiger partial charge in [0.2, 0.25) is 0 Å². The molecule has 0 aliphatic rings. The molecule has 0 unspecified atom stereocenters. The molecule has 0 spiro atoms. The van der Waals surface area contributed by atoms with Crippen LogP contribution in [0.25, 0.3) is 0 Å². The molecular weight excluding hydrogens is 224 g/mol. The van der Waals surface area contributed by atoms with E-state index < -0.39 is 0 Å². The maximum Gasteiger partial charge on any atom is 0.168 e. The van der Waals surface area contributed by atoms with Gasteiger partial charge in [0.05, 0.1) is 18.9 Å². The van der Waals surface area contributed by atoms with Crippen molar-refractivity contribution in [3.8, 4) is 11.5 Å². The van der Waals surface area contributed by atoms with Crippen LogP contribution < -0.4 is 20.5 Å². The molecule has 0 aliphatic heterocycles. The quantitative estimate of drug-likeness (QED) is 0.772. The van der Waals surface area contributed by atoms with Crippen molar-refractivity contribution in [3.63, 3.8) is 0 Å². The van der Waals surface area contributed by atoms with Gasteiger partial charge in [-0.1, -0.05) is 0 Å². The average Bonchev–Trinajstić information content (AvgIpc) is 2.22. The molecule has 0 aliphatic carbocycles. The fourth-order valence-corrected chi connectivity index (χ4v) is 1.39. The van der Waals surface area contributed by atoms with Gasteiger partial charge in [-0.05, 0) is 38.2 Å². The Morgan fingerprint density at radius 2 is 2.00 bits per heavy atom. The maximum absolute atomic E-state index is 5.44. The van der Waals surface area contributed by atoms with E-state index in [2.05, 4.69) is 5.32 Å². The van der Waals surface area contributed by atoms with Crippen LogP contribution in [0, 0.1) is 0 Å². The van der Waals surface area contributed by atoms with E-state index >= 15 is 0 Å². The Kier molecular flexibility index (Phi) is 4.85. The highest BCUT2D eigenvalue weighted by molar-refractivity contribution is 7.80. The summed E-state index contributed by atoms with van der Waals surface area (Å²) >= 11 is 4.80. The van der Waals surface area contributed by atoms with E-state index in [-0.39, 0.29) is 5.11 Å². The van der Waals surface area contributed by atoms with E-state index in [1.54, 1.807) is 0 Å². The second kappa shape index (κ2) is 6.17. The largest absolute Gasteiger partial charge is 0.494 e. The molecule has 0 saturated heterocycles. The number of nitrogens with two attached hydrogens (primary N) is 1. The fourth-order valence-electron chi connectivity index (χ4n) is 1.28. The molecule has 0 amide bonds. The van der Waals surface area contributed by atoms with E-state index in [9.17, 15) is 0 Å². The third-order valence-electron chi connectivity index (χ3n) is 1.82. The lowest BCUT2D eigenvalue weighted by atomic mass is 10.2. The number of anilines is 1. The highest BCUT2D eigenvalue weighted by Gasteiger charge is 2.06. The highest BCUT2D eigenvalue weighted by atomic mass is 32.1. The Balaban J connectivity index is 2.95. The summed E-state index contributed by atoms with van der Waals surface area (Å²) in [6, 6.07) is 5.49. The van der Waals surface area contributed by atoms with Crippen LogP contribution in [0.2, 0.25) is 0 Å². The molecule has 4 nitrogen and oxygen atoms in total. The normalized spacial score (nSPS) is 9.62. The molecule has 1 aromatic carbocycles. The third kappa shape index (κ3) is 3.58. The summed E-state index contributed by atoms with van der Waals surface area (Å²) in [5.74, 6) is 1.46. The van der Waals surface area contributed by atoms with Gasteiger partial charge in [0, 0.05) is 6.07 Å². The average molecular weight is 240 g/mol. The smallest absolute Gasteiger partial charge is 0.168 e. The third-order valence-corrected chi connectivity index (χ3v) is 1.92. The number of hydrogen-bond donors (Lipinski definition) is 2. The number of rotatable bonds is 5. The van der Waals surface area contributed by atoms with E-state index in [0.29, 0.717) is 19.0 Å². The van der Waals surface area contributed by atoms with Crippen LogP contribution in [0.15, 0.2) is 18.2 Å². The van der Waals surface area contributed by atoms with Crippen molar-refractivity contribution in [2.24, 2.45) is 5.73 Å². The van der Waals surface area contributed by atoms with Crippen molar-refractivity contribution in [2.45, 2.75) is 13.8 Å². The van der Waals surface area contributed by atoms with Crippen molar-refractivity contribution in [1.29, 1.82) is 0 Å². The van der Waals surface area contributed by atoms with Crippen LogP contribution in [0.3, 0.4) is 0 Å². The summed E-state index contributed by atoms with van der Waals surface area (Å²) < 4.78 is 10.8. The predicted octanol–water partition coefficient (Wildman–Crippen LogP) is 2.14. The van der Waals surface area contributed by atoms with Crippen molar-refractivity contribution >= 4 is 23.0 Å². The monoisotopic (exact) mass is 240 g/mol. The minimum absolute atomic E-state index is 0.203. The Morgan fingerprint density at radius 3 is 2.56 bits per heavy atom. The molecule has 1 aromatic rings. The van der Waals surface area contributed by atoms with Crippen LogP contribution in [-0.2, 0) is 0 Å². The lowest BCUT2D eigenvalue weighted by Crippen LogP contribution is -2.19. The SMILES string of the molecule is CCOc1ccc(OCC)c(NC(N)=S)c1. The van der Waals surface area contributed by atoms with Crippen molar-refractivity contribution in [1.82, 2.24) is 0 Å². The molecule has 0 atom stereocenters. The fraction of sp³-hybridized carbons (Fsp3) is 0.364. The van der Waals surface area contributed by atoms with Gasteiger partial charge in [-0.3, -0.25) is 0 Å². The maximum atomic E-state index is 5.44. The van der Waals surface area contributed by atoms with E-state index in [0.717, 1.165) is 11.4 Å². The summed E-state index contributed by atoms with van der Waals surface area (Å²) in [7, 11) is 0. The lowest BCUT2D eigenvalue weighted by Gasteiger charge is -2.13. The molecule has 88 valence electrons. The first-order valence-electron chi connectivity index (χ1n) is 5.13. The summed E-state index contributed by atoms with van der Waals surface area (Å²) in [5, 5.41) is 3.06. The van der Waals surface area contributed by atoms with Crippen molar-refractivity contribution in [2.75, 3.05) is 18.5 Å². The zero-order valence-corrected chi connectivity index (χ0v) is 10.3. The second-order valence-corrected chi connectivity index (χ2v) is 3.45. The number of thiocarbonyl (C=S) groups is 1. The molecule has 5 heteroatoms. The van der Waals surface area contributed by atoms with Gasteiger partial charge in [-0.15, -0.1) is 0 Å². The zero-order chi connectivity index (χ0) is 12.0. The van der Waals surface area contributed by atoms with E-state index in [1.807, 2.05) is 32.0 Å². The summed E-state index contributed by atoms with van der Waals surface area (Å²) in [6.07, 6.45) is 0. The van der Waals surface area contributed by atoms with Gasteiger partial charge in [-0.2, -0.15) is 0 Å². The van der Waals surface area contributed by atoms with Crippen LogP contribution in [0.1, 0.15) is 13.8 Å². The van der Waals surface area contributed by atoms with Gasteiger partial charge in [0.1, 0.15) is 11.5 Å². The summed E-state index contributed by atoms with van der Waals surface area (Å²) in [4.78, 5) is 0. The van der Waals surface area contributed by atoms with E-state index in [4.69, 9.17) is 27.4 Å². The second-order valence-electron chi connectivity index (χ2n) is 3.01. The van der Waals surface area contributed by atoms with Crippen LogP contribution in [0.5, 0.6) is 11.5 Å². The molecule has 0 bridgehead atoms. The summed E-state index contributed by atoms with van der Waals surface area (Å²) in [5.41, 5.74) is 6.16. The van der Waals surface area contributed by atoms with Gasteiger partial charge in [-0.25, -0.2) is 0 Å². The number of benzene rings is 1. The Bertz CT molecular complexity index is 369. The molecule has 0 aromatic heterocycles. The number of nitrogens with one attached hydrogen (secondary N) is 1. The van der Waals surface area contributed by atoms with Gasteiger partial charge >= 0.3 is 0 Å². The van der Waals surface area contributed by atoms with Gasteiger partial charge in [0.15, 0.2) is 5.11 Å². The molecular formula is C11H16N2O2S. The molecule has 0 radical (unpaired) electrons. The zero-order valence-electron chi connectivity index (χ0n) is 9.45. The number of ether oxygens (including phenoxy) is 2. The molecule has 0 saturated carbocycles. The van der Waals surface area contributed by atoms with Crippen LogP contribution >= 0.6 is 12.2 Å². The molecule has 3 N–H and O–H groups in total. The molecule has 0 fully saturated rings. The molecule has 16 heavy (non-hydrogen) atoms. The van der Waals surface area contributed by atoms with Crippen LogP contribution in [0.4, 0.5) is 5.69 Å². The topological polar surface area (TPSA) is 56.5 Å². The Labute approximate surface area is 101 Å². The molecule has 1 rings (SSSR count). The van der Waals surface area contributed by atoms with Gasteiger partial charge in [0.25, 0.3) is 0 Å².